The summed E-state index contributed by atoms with van der Waals surface area (Å²) >= 11 is 3.09. The average molecular weight is 1530 g/mol. The Labute approximate surface area is 617 Å². The van der Waals surface area contributed by atoms with Crippen LogP contribution in [-0.2, 0) is 66.6 Å². The first kappa shape index (κ1) is 91.9. The number of amides is 6. The number of anilines is 1. The monoisotopic (exact) mass is 1530 g/mol. The second-order valence-electron chi connectivity index (χ2n) is 24.5. The van der Waals surface area contributed by atoms with E-state index in [4.69, 9.17) is 71.3 Å². The lowest BCUT2D eigenvalue weighted by molar-refractivity contribution is -0.144. The van der Waals surface area contributed by atoms with Crippen LogP contribution in [0.25, 0.3) is 0 Å². The van der Waals surface area contributed by atoms with E-state index in [0.717, 1.165) is 0 Å². The summed E-state index contributed by atoms with van der Waals surface area (Å²) in [4.78, 5) is 111. The quantitative estimate of drug-likeness (QED) is 0.0368. The van der Waals surface area contributed by atoms with Crippen LogP contribution in [0.2, 0.25) is 0 Å². The van der Waals surface area contributed by atoms with E-state index in [9.17, 15) is 68.7 Å². The number of aryl methyl sites for hydroxylation is 1. The number of nitrogens with one attached hydrogen (secondary N) is 7. The van der Waals surface area contributed by atoms with Crippen LogP contribution >= 0.6 is 15.9 Å². The number of benzene rings is 1. The highest BCUT2D eigenvalue weighted by molar-refractivity contribution is 9.10. The molecule has 6 radical (unpaired) electrons. The second-order valence-corrected chi connectivity index (χ2v) is 25.9. The molecule has 0 saturated carbocycles. The molecule has 578 valence electrons. The van der Waals surface area contributed by atoms with Crippen LogP contribution in [0.15, 0.2) is 63.2 Å². The fourth-order valence-electron chi connectivity index (χ4n) is 10.9. The van der Waals surface area contributed by atoms with E-state index in [2.05, 4.69) is 57.8 Å². The molecule has 2 aromatic heterocycles. The number of hydrogen-bond acceptors (Lipinski definition) is 25. The predicted molar refractivity (Wildman–Crippen MR) is 384 cm³/mol. The number of carbonyl (C=O) groups is 6. The van der Waals surface area contributed by atoms with E-state index in [1.165, 1.54) is 55.8 Å². The van der Waals surface area contributed by atoms with E-state index in [-0.39, 0.29) is 58.5 Å². The van der Waals surface area contributed by atoms with E-state index in [1.54, 1.807) is 78.9 Å². The van der Waals surface area contributed by atoms with Crippen molar-refractivity contribution >= 4 is 80.7 Å². The van der Waals surface area contributed by atoms with Crippen molar-refractivity contribution < 1.29 is 102 Å². The number of carbonyl (C=O) groups excluding carboxylic acids is 6. The predicted octanol–water partition coefficient (Wildman–Crippen LogP) is -2.42. The molecule has 7 heterocycles. The van der Waals surface area contributed by atoms with Crippen molar-refractivity contribution in [2.75, 3.05) is 40.6 Å². The molecule has 1 aromatic carbocycles. The van der Waals surface area contributed by atoms with Crippen molar-refractivity contribution in [3.05, 3.63) is 91.2 Å². The van der Waals surface area contributed by atoms with Gasteiger partial charge in [0.25, 0.3) is 11.5 Å². The molecule has 13 N–H and O–H groups in total. The van der Waals surface area contributed by atoms with Crippen molar-refractivity contribution in [2.45, 2.75) is 260 Å². The molecule has 5 aliphatic rings. The van der Waals surface area contributed by atoms with Gasteiger partial charge < -0.3 is 105 Å². The molecule has 5 aliphatic heterocycles. The van der Waals surface area contributed by atoms with Crippen molar-refractivity contribution in [1.29, 1.82) is 0 Å². The number of aliphatic hydroxyl groups excluding tert-OH is 6. The minimum atomic E-state index is -1.04. The van der Waals surface area contributed by atoms with Gasteiger partial charge in [-0.3, -0.25) is 47.7 Å². The average Bonchev–Trinajstić information content (AvgIpc) is 1.62. The van der Waals surface area contributed by atoms with Gasteiger partial charge in [0, 0.05) is 76.8 Å². The molecule has 0 spiro atoms. The van der Waals surface area contributed by atoms with Crippen LogP contribution < -0.4 is 48.8 Å². The van der Waals surface area contributed by atoms with Gasteiger partial charge in [-0.05, 0) is 91.8 Å². The molecular formula is C66H104B3BrN10O24. The lowest BCUT2D eigenvalue weighted by Crippen LogP contribution is -2.43. The van der Waals surface area contributed by atoms with Gasteiger partial charge in [-0.25, -0.2) is 9.59 Å². The maximum absolute atomic E-state index is 12.7. The summed E-state index contributed by atoms with van der Waals surface area (Å²) in [6, 6.07) is 7.89. The third kappa shape index (κ3) is 25.7. The standard InChI is InChI=1S/C21H26N4O6.C15H23N3O6.2C10H18BNO4.C6H11BO3.C4H8BrNO/c1-4-14-16(26)17(30-12(2)18(27)22-3)20(31-14)25-11-10-15(24-21(25)29)23-19(28)13-8-6-5-7-9-13;1-5-9-10(19)11(23-8(3)13(21)16-4)14(24-9)18-6-7(2)12(20)17-15(18)22;2*1-4-6-7(13)8(9(11)16-6)15-5(2)10(14)12-3;1-2-3-4(8)5(9)6(7)10-3;1-3(5)4(7)6-2/h5-12,14,16-17,20,26H,4H2,1-3H3,(H,22,27)(H,23,24,28,29);6,8-11,14,19H,5H2,1-4H3,(H,16,21)(H,17,20,22);2*5-9,13H,4H2,1-3H3,(H,12,14);3-6,8-9H,2H2,1H3;3H,1-2H3,(H,6,7)/t12?,14-,16?,17+,20-;8?,9-,10?,11+,14-;5-,6+,7?,8-,9+;5-,6-,7?,8+,9-;3-,4?,5+,6-;/m11011./s1. The van der Waals surface area contributed by atoms with Gasteiger partial charge in [0.15, 0.2) is 12.5 Å². The molecular weight excluding hydrogens is 1430 g/mol. The third-order valence-corrected chi connectivity index (χ3v) is 17.5. The maximum Gasteiger partial charge on any atom is 0.351 e. The topological polar surface area (TPSA) is 469 Å². The van der Waals surface area contributed by atoms with Crippen molar-refractivity contribution in [3.63, 3.8) is 0 Å². The molecule has 104 heavy (non-hydrogen) atoms. The first-order valence-electron chi connectivity index (χ1n) is 34.3. The number of likely N-dealkylation sites (N-methyl/N-ethyl adjacent to an activating group) is 4. The molecule has 5 saturated heterocycles. The number of aromatic nitrogens is 4. The fraction of sp³-hybridized carbons (Fsp3) is 0.697. The van der Waals surface area contributed by atoms with Crippen LogP contribution in [0.1, 0.15) is 130 Å². The van der Waals surface area contributed by atoms with E-state index >= 15 is 0 Å². The van der Waals surface area contributed by atoms with Gasteiger partial charge in [0.2, 0.25) is 29.5 Å². The number of halogens is 1. The second kappa shape index (κ2) is 44.7. The van der Waals surface area contributed by atoms with Crippen LogP contribution in [0, 0.1) is 6.92 Å². The highest BCUT2D eigenvalue weighted by atomic mass is 79.9. The highest BCUT2D eigenvalue weighted by Crippen LogP contribution is 2.35. The van der Waals surface area contributed by atoms with Crippen LogP contribution in [0.4, 0.5) is 5.82 Å². The molecule has 8 unspecified atom stereocenters. The smallest absolute Gasteiger partial charge is 0.351 e. The van der Waals surface area contributed by atoms with Gasteiger partial charge in [-0.15, -0.1) is 0 Å². The van der Waals surface area contributed by atoms with Crippen molar-refractivity contribution in [1.82, 2.24) is 45.7 Å². The molecule has 0 aliphatic carbocycles. The zero-order valence-electron chi connectivity index (χ0n) is 61.6. The lowest BCUT2D eigenvalue weighted by atomic mass is 9.92. The van der Waals surface area contributed by atoms with E-state index in [0.29, 0.717) is 43.2 Å². The Morgan fingerprint density at radius 1 is 0.510 bits per heavy atom. The van der Waals surface area contributed by atoms with E-state index in [1.807, 2.05) is 34.6 Å². The number of rotatable bonds is 22. The SMILES string of the molecule is CC[C@H]1O[C@@H](n2cc(C)c(=O)[nH]c2=O)[C@@H](OC(C)C(=O)NC)C1O.CC[C@H]1O[C@@H](n2ccc(NC(=O)c3ccccc3)nc2=O)[C@@H](OC(C)C(=O)NC)C1O.CNC(=O)C(C)Br.[B][C@@H]1O[C@H](CC)C(O)[C@@H]1O.[B][C@@H]1O[C@H](CC)C(O)[C@@H]1O[C@@H](C)C(=O)NC.[B][C@@H]1O[C@H](CC)C(O)[C@@H]1O[C@H](C)C(=O)NC. The zero-order chi connectivity index (χ0) is 78.7. The van der Waals surface area contributed by atoms with E-state index < -0.39 is 151 Å². The molecule has 5 fully saturated rings. The number of nitrogens with zero attached hydrogens (tertiary/aromatic N) is 3. The van der Waals surface area contributed by atoms with Gasteiger partial charge in [0.1, 0.15) is 109 Å². The van der Waals surface area contributed by atoms with Crippen molar-refractivity contribution in [2.24, 2.45) is 0 Å². The molecule has 8 rings (SSSR count). The third-order valence-electron chi connectivity index (χ3n) is 17.1. The summed E-state index contributed by atoms with van der Waals surface area (Å²) in [7, 11) is 24.3. The minimum absolute atomic E-state index is 0.0139. The Hall–Kier alpha value is -6.33. The van der Waals surface area contributed by atoms with Crippen LogP contribution in [-0.4, -0.2) is 283 Å². The highest BCUT2D eigenvalue weighted by Gasteiger charge is 2.49. The summed E-state index contributed by atoms with van der Waals surface area (Å²) < 4.78 is 51.8. The summed E-state index contributed by atoms with van der Waals surface area (Å²) in [6.07, 6.45) is -9.81. The number of aromatic amines is 1. The summed E-state index contributed by atoms with van der Waals surface area (Å²) in [5.74, 6) is -1.53. The Kier molecular flexibility index (Phi) is 39.5. The molecule has 25 atom stereocenters. The number of aliphatic hydroxyl groups is 6. The Morgan fingerprint density at radius 3 is 1.17 bits per heavy atom. The lowest BCUT2D eigenvalue weighted by Gasteiger charge is -2.25. The largest absolute Gasteiger partial charge is 0.388 e. The van der Waals surface area contributed by atoms with Gasteiger partial charge in [0.05, 0.1) is 41.5 Å². The molecule has 6 amide bonds. The molecule has 34 nitrogen and oxygen atoms in total. The first-order chi connectivity index (χ1) is 49.0. The summed E-state index contributed by atoms with van der Waals surface area (Å²) in [5, 5.41) is 73.9. The van der Waals surface area contributed by atoms with Crippen LogP contribution in [0.5, 0.6) is 0 Å². The van der Waals surface area contributed by atoms with Crippen molar-refractivity contribution in [3.8, 4) is 0 Å². The number of ether oxygens (including phenoxy) is 9. The number of alkyl halides is 1. The summed E-state index contributed by atoms with van der Waals surface area (Å²) in [6.45, 7) is 19.0. The maximum atomic E-state index is 12.7. The first-order valence-corrected chi connectivity index (χ1v) is 35.2. The molecule has 3 aromatic rings. The minimum Gasteiger partial charge on any atom is -0.388 e. The molecule has 38 heteroatoms. The normalized spacial score (nSPS) is 30.1. The Morgan fingerprint density at radius 2 is 0.856 bits per heavy atom. The number of hydrogen-bond donors (Lipinski definition) is 13. The van der Waals surface area contributed by atoms with Gasteiger partial charge in [-0.1, -0.05) is 68.7 Å². The summed E-state index contributed by atoms with van der Waals surface area (Å²) in [5.41, 5.74) is -1.09. The van der Waals surface area contributed by atoms with Gasteiger partial charge >= 0.3 is 11.4 Å². The Bertz CT molecular complexity index is 3300. The zero-order valence-corrected chi connectivity index (χ0v) is 63.2. The van der Waals surface area contributed by atoms with Gasteiger partial charge in [-0.2, -0.15) is 4.98 Å². The fourth-order valence-corrected chi connectivity index (χ4v) is 11.2. The van der Waals surface area contributed by atoms with Crippen LogP contribution in [0.3, 0.4) is 0 Å². The molecule has 0 bridgehead atoms. The number of H-pyrrole nitrogens is 1. The Balaban J connectivity index is 0.000000344.